The quantitative estimate of drug-likeness (QED) is 0.858. The van der Waals surface area contributed by atoms with Gasteiger partial charge in [0.1, 0.15) is 11.6 Å². The van der Waals surface area contributed by atoms with Crippen molar-refractivity contribution >= 4 is 27.7 Å². The molecule has 1 amide bonds. The molecule has 20 heavy (non-hydrogen) atoms. The highest BCUT2D eigenvalue weighted by atomic mass is 79.9. The number of carbonyl (C=O) groups is 1. The van der Waals surface area contributed by atoms with Gasteiger partial charge in [-0.2, -0.15) is 0 Å². The monoisotopic (exact) mass is 334 g/mol. The number of amides is 1. The van der Waals surface area contributed by atoms with E-state index in [1.54, 1.807) is 17.4 Å². The Labute approximate surface area is 125 Å². The number of anilines is 1. The Kier molecular flexibility index (Phi) is 3.61. The number of nitrogens with zero attached hydrogens (tertiary/aromatic N) is 2. The van der Waals surface area contributed by atoms with Gasteiger partial charge in [-0.1, -0.05) is 0 Å². The summed E-state index contributed by atoms with van der Waals surface area (Å²) in [7, 11) is 0. The van der Waals surface area contributed by atoms with Crippen LogP contribution in [0.2, 0.25) is 0 Å². The fraction of sp³-hybridized carbons (Fsp3) is 0.333. The number of hydrogen-bond donors (Lipinski definition) is 0. The van der Waals surface area contributed by atoms with Gasteiger partial charge in [-0.05, 0) is 53.5 Å². The second-order valence-corrected chi connectivity index (χ2v) is 5.80. The second-order valence-electron chi connectivity index (χ2n) is 4.88. The molecule has 0 radical (unpaired) electrons. The maximum absolute atomic E-state index is 12.6. The van der Waals surface area contributed by atoms with Crippen molar-refractivity contribution in [3.8, 4) is 0 Å². The van der Waals surface area contributed by atoms with Crippen molar-refractivity contribution in [1.29, 1.82) is 0 Å². The van der Waals surface area contributed by atoms with Gasteiger partial charge in [-0.15, -0.1) is 0 Å². The summed E-state index contributed by atoms with van der Waals surface area (Å²) < 4.78 is 6.29. The van der Waals surface area contributed by atoms with Crippen molar-refractivity contribution in [3.63, 3.8) is 0 Å². The molecule has 0 bridgehead atoms. The van der Waals surface area contributed by atoms with Gasteiger partial charge < -0.3 is 4.42 Å². The van der Waals surface area contributed by atoms with Crippen LogP contribution in [0, 0.1) is 5.92 Å². The molecule has 1 aliphatic rings. The molecule has 1 saturated carbocycles. The van der Waals surface area contributed by atoms with Gasteiger partial charge in [0, 0.05) is 29.1 Å². The van der Waals surface area contributed by atoms with Crippen LogP contribution < -0.4 is 4.90 Å². The molecule has 5 heteroatoms. The zero-order chi connectivity index (χ0) is 14.1. The lowest BCUT2D eigenvalue weighted by molar-refractivity contribution is -0.119. The number of aromatic nitrogens is 1. The summed E-state index contributed by atoms with van der Waals surface area (Å²) in [5.74, 6) is 1.98. The highest BCUT2D eigenvalue weighted by Gasteiger charge is 2.47. The van der Waals surface area contributed by atoms with Gasteiger partial charge >= 0.3 is 0 Å². The van der Waals surface area contributed by atoms with Crippen LogP contribution >= 0.6 is 15.9 Å². The Morgan fingerprint density at radius 3 is 2.95 bits per heavy atom. The van der Waals surface area contributed by atoms with Crippen molar-refractivity contribution in [3.05, 3.63) is 47.0 Å². The lowest BCUT2D eigenvalue weighted by Gasteiger charge is -2.20. The normalized spacial score (nSPS) is 20.7. The first-order valence-corrected chi connectivity index (χ1v) is 7.46. The molecule has 0 spiro atoms. The Morgan fingerprint density at radius 1 is 1.50 bits per heavy atom. The van der Waals surface area contributed by atoms with Crippen LogP contribution in [0.25, 0.3) is 0 Å². The van der Waals surface area contributed by atoms with Gasteiger partial charge in [0.15, 0.2) is 0 Å². The molecule has 0 aromatic carbocycles. The summed E-state index contributed by atoms with van der Waals surface area (Å²) in [6.45, 7) is 2.58. The van der Waals surface area contributed by atoms with Crippen molar-refractivity contribution in [2.45, 2.75) is 19.3 Å². The predicted molar refractivity (Wildman–Crippen MR) is 79.5 cm³/mol. The average Bonchev–Trinajstić information content (AvgIpc) is 3.07. The molecule has 2 unspecified atom stereocenters. The molecule has 4 nitrogen and oxygen atoms in total. The molecule has 0 aliphatic heterocycles. The third kappa shape index (κ3) is 2.50. The molecule has 0 saturated heterocycles. The standard InChI is InChI=1S/C15H15BrN2O2/c1-2-18(14-6-5-10(16)9-17-14)15(19)12-8-11(12)13-4-3-7-20-13/h3-7,9,11-12H,2,8H2,1H3. The summed E-state index contributed by atoms with van der Waals surface area (Å²) in [5.41, 5.74) is 0. The van der Waals surface area contributed by atoms with Gasteiger partial charge in [0.2, 0.25) is 5.91 Å². The maximum atomic E-state index is 12.6. The molecule has 2 atom stereocenters. The molecule has 0 N–H and O–H groups in total. The minimum absolute atomic E-state index is 0.0200. The van der Waals surface area contributed by atoms with E-state index in [9.17, 15) is 4.79 Å². The SMILES string of the molecule is CCN(C(=O)C1CC1c1ccco1)c1ccc(Br)cn1. The number of pyridine rings is 1. The Hall–Kier alpha value is -1.62. The van der Waals surface area contributed by atoms with E-state index in [-0.39, 0.29) is 17.7 Å². The molecular weight excluding hydrogens is 320 g/mol. The summed E-state index contributed by atoms with van der Waals surface area (Å²) in [6, 6.07) is 7.56. The van der Waals surface area contributed by atoms with Crippen molar-refractivity contribution < 1.29 is 9.21 Å². The summed E-state index contributed by atoms with van der Waals surface area (Å²) in [5, 5.41) is 0. The van der Waals surface area contributed by atoms with Gasteiger partial charge in [-0.25, -0.2) is 4.98 Å². The zero-order valence-electron chi connectivity index (χ0n) is 11.1. The Bertz CT molecular complexity index is 595. The number of halogens is 1. The number of furan rings is 1. The van der Waals surface area contributed by atoms with E-state index in [2.05, 4.69) is 20.9 Å². The molecular formula is C15H15BrN2O2. The van der Waals surface area contributed by atoms with E-state index in [0.29, 0.717) is 12.4 Å². The predicted octanol–water partition coefficient (Wildman–Crippen LogP) is 3.59. The summed E-state index contributed by atoms with van der Waals surface area (Å²) >= 11 is 3.35. The van der Waals surface area contributed by atoms with Gasteiger partial charge in [-0.3, -0.25) is 9.69 Å². The highest BCUT2D eigenvalue weighted by Crippen LogP contribution is 2.48. The number of hydrogen-bond acceptors (Lipinski definition) is 3. The molecule has 2 aromatic rings. The molecule has 2 aromatic heterocycles. The molecule has 2 heterocycles. The smallest absolute Gasteiger partial charge is 0.232 e. The summed E-state index contributed by atoms with van der Waals surface area (Å²) in [6.07, 6.45) is 4.23. The first kappa shape index (κ1) is 13.4. The van der Waals surface area contributed by atoms with E-state index in [1.165, 1.54) is 0 Å². The van der Waals surface area contributed by atoms with Crippen LogP contribution in [0.1, 0.15) is 25.0 Å². The average molecular weight is 335 g/mol. The first-order chi connectivity index (χ1) is 9.70. The van der Waals surface area contributed by atoms with Crippen LogP contribution in [0.5, 0.6) is 0 Å². The topological polar surface area (TPSA) is 46.3 Å². The minimum atomic E-state index is 0.0200. The Balaban J connectivity index is 1.74. The van der Waals surface area contributed by atoms with Crippen LogP contribution in [0.3, 0.4) is 0 Å². The van der Waals surface area contributed by atoms with Gasteiger partial charge in [0.25, 0.3) is 0 Å². The fourth-order valence-corrected chi connectivity index (χ4v) is 2.68. The molecule has 1 aliphatic carbocycles. The van der Waals surface area contributed by atoms with Crippen LogP contribution in [-0.2, 0) is 4.79 Å². The zero-order valence-corrected chi connectivity index (χ0v) is 12.7. The molecule has 1 fully saturated rings. The Morgan fingerprint density at radius 2 is 2.35 bits per heavy atom. The number of carbonyl (C=O) groups excluding carboxylic acids is 1. The van der Waals surface area contributed by atoms with E-state index in [4.69, 9.17) is 4.42 Å². The van der Waals surface area contributed by atoms with Crippen LogP contribution in [0.15, 0.2) is 45.6 Å². The fourth-order valence-electron chi connectivity index (χ4n) is 2.44. The lowest BCUT2D eigenvalue weighted by atomic mass is 10.2. The molecule has 104 valence electrons. The third-order valence-corrected chi connectivity index (χ3v) is 4.06. The first-order valence-electron chi connectivity index (χ1n) is 6.67. The second kappa shape index (κ2) is 5.40. The number of rotatable bonds is 4. The van der Waals surface area contributed by atoms with Gasteiger partial charge in [0.05, 0.1) is 6.26 Å². The van der Waals surface area contributed by atoms with E-state index < -0.39 is 0 Å². The summed E-state index contributed by atoms with van der Waals surface area (Å²) in [4.78, 5) is 18.6. The van der Waals surface area contributed by atoms with E-state index in [0.717, 1.165) is 16.7 Å². The van der Waals surface area contributed by atoms with Crippen molar-refractivity contribution in [2.24, 2.45) is 5.92 Å². The molecule has 3 rings (SSSR count). The van der Waals surface area contributed by atoms with Crippen molar-refractivity contribution in [1.82, 2.24) is 4.98 Å². The highest BCUT2D eigenvalue weighted by molar-refractivity contribution is 9.10. The van der Waals surface area contributed by atoms with E-state index >= 15 is 0 Å². The maximum Gasteiger partial charge on any atom is 0.232 e. The van der Waals surface area contributed by atoms with Crippen LogP contribution in [0.4, 0.5) is 5.82 Å². The third-order valence-electron chi connectivity index (χ3n) is 3.59. The largest absolute Gasteiger partial charge is 0.469 e. The van der Waals surface area contributed by atoms with E-state index in [1.807, 2.05) is 31.2 Å². The lowest BCUT2D eigenvalue weighted by Crippen LogP contribution is -2.33. The minimum Gasteiger partial charge on any atom is -0.469 e. The van der Waals surface area contributed by atoms with Crippen LogP contribution in [-0.4, -0.2) is 17.4 Å². The van der Waals surface area contributed by atoms with Crippen molar-refractivity contribution in [2.75, 3.05) is 11.4 Å².